The molecule has 0 atom stereocenters. The summed E-state index contributed by atoms with van der Waals surface area (Å²) in [6.45, 7) is 0. The molecule has 1 aromatic carbocycles. The Morgan fingerprint density at radius 2 is 2.14 bits per heavy atom. The number of benzene rings is 1. The molecule has 0 aromatic heterocycles. The highest BCUT2D eigenvalue weighted by Crippen LogP contribution is 2.28. The third kappa shape index (κ3) is 5.79. The first-order valence-corrected chi connectivity index (χ1v) is 9.11. The molecule has 1 aliphatic rings. The van der Waals surface area contributed by atoms with Crippen molar-refractivity contribution in [1.82, 2.24) is 0 Å². The lowest BCUT2D eigenvalue weighted by Gasteiger charge is -2.09. The summed E-state index contributed by atoms with van der Waals surface area (Å²) >= 11 is 8.01. The van der Waals surface area contributed by atoms with Crippen molar-refractivity contribution in [2.75, 3.05) is 22.6 Å². The lowest BCUT2D eigenvalue weighted by Crippen LogP contribution is -2.12. The summed E-state index contributed by atoms with van der Waals surface area (Å²) in [5.41, 5.74) is 6.86. The molecule has 1 saturated carbocycles. The van der Waals surface area contributed by atoms with Gasteiger partial charge in [0, 0.05) is 12.1 Å². The van der Waals surface area contributed by atoms with E-state index in [9.17, 15) is 4.79 Å². The second-order valence-corrected chi connectivity index (χ2v) is 7.17. The number of nitrogens with one attached hydrogen (secondary N) is 1. The molecular weight excluding hydrogens is 304 g/mol. The largest absolute Gasteiger partial charge is 0.399 e. The fraction of sp³-hybridized carbons (Fsp3) is 0.562. The number of carbonyl (C=O) groups is 1. The maximum Gasteiger partial charge on any atom is 0.224 e. The van der Waals surface area contributed by atoms with Gasteiger partial charge < -0.3 is 11.1 Å². The standard InChI is InChI=1S/C16H23ClN2OS/c17-14-10-13(18)7-8-15(14)19-16(20)6-3-9-21-11-12-4-1-2-5-12/h7-8,10,12H,1-6,9,11,18H2,(H,19,20). The van der Waals surface area contributed by atoms with Gasteiger partial charge in [-0.3, -0.25) is 4.79 Å². The van der Waals surface area contributed by atoms with E-state index in [4.69, 9.17) is 17.3 Å². The van der Waals surface area contributed by atoms with Gasteiger partial charge in [0.15, 0.2) is 0 Å². The van der Waals surface area contributed by atoms with Crippen LogP contribution in [0.2, 0.25) is 5.02 Å². The Hall–Kier alpha value is -0.870. The average molecular weight is 327 g/mol. The molecule has 116 valence electrons. The third-order valence-corrected chi connectivity index (χ3v) is 5.39. The maximum absolute atomic E-state index is 11.9. The van der Waals surface area contributed by atoms with Crippen LogP contribution in [-0.2, 0) is 4.79 Å². The van der Waals surface area contributed by atoms with E-state index >= 15 is 0 Å². The number of nitrogen functional groups attached to an aromatic ring is 1. The molecule has 0 heterocycles. The summed E-state index contributed by atoms with van der Waals surface area (Å²) in [6.07, 6.45) is 7.03. The Balaban J connectivity index is 1.60. The minimum absolute atomic E-state index is 0.0168. The van der Waals surface area contributed by atoms with E-state index in [1.807, 2.05) is 11.8 Å². The van der Waals surface area contributed by atoms with Crippen LogP contribution in [-0.4, -0.2) is 17.4 Å². The molecule has 1 aliphatic carbocycles. The molecule has 1 fully saturated rings. The molecule has 5 heteroatoms. The number of rotatable bonds is 7. The Kier molecular flexibility index (Phi) is 6.71. The van der Waals surface area contributed by atoms with Crippen LogP contribution in [0.5, 0.6) is 0 Å². The molecule has 3 nitrogen and oxygen atoms in total. The Morgan fingerprint density at radius 3 is 2.86 bits per heavy atom. The summed E-state index contributed by atoms with van der Waals surface area (Å²) in [5.74, 6) is 3.24. The second-order valence-electron chi connectivity index (χ2n) is 5.62. The number of hydrogen-bond acceptors (Lipinski definition) is 3. The van der Waals surface area contributed by atoms with Gasteiger partial charge in [0.1, 0.15) is 0 Å². The van der Waals surface area contributed by atoms with Crippen LogP contribution in [0.4, 0.5) is 11.4 Å². The first-order chi connectivity index (χ1) is 10.1. The van der Waals surface area contributed by atoms with E-state index < -0.39 is 0 Å². The van der Waals surface area contributed by atoms with Crippen molar-refractivity contribution in [2.24, 2.45) is 5.92 Å². The lowest BCUT2D eigenvalue weighted by atomic mass is 10.1. The van der Waals surface area contributed by atoms with E-state index in [1.54, 1.807) is 18.2 Å². The first-order valence-electron chi connectivity index (χ1n) is 7.58. The quantitative estimate of drug-likeness (QED) is 0.570. The molecule has 0 saturated heterocycles. The summed E-state index contributed by atoms with van der Waals surface area (Å²) in [5, 5.41) is 3.32. The summed E-state index contributed by atoms with van der Waals surface area (Å²) in [7, 11) is 0. The van der Waals surface area contributed by atoms with Crippen molar-refractivity contribution in [1.29, 1.82) is 0 Å². The van der Waals surface area contributed by atoms with Crippen LogP contribution in [0.15, 0.2) is 18.2 Å². The topological polar surface area (TPSA) is 55.1 Å². The van der Waals surface area contributed by atoms with Gasteiger partial charge in [0.05, 0.1) is 10.7 Å². The average Bonchev–Trinajstić information content (AvgIpc) is 2.95. The van der Waals surface area contributed by atoms with Crippen LogP contribution >= 0.6 is 23.4 Å². The monoisotopic (exact) mass is 326 g/mol. The van der Waals surface area contributed by atoms with Crippen LogP contribution < -0.4 is 11.1 Å². The van der Waals surface area contributed by atoms with Gasteiger partial charge in [-0.05, 0) is 54.9 Å². The van der Waals surface area contributed by atoms with E-state index in [2.05, 4.69) is 5.32 Å². The summed E-state index contributed by atoms with van der Waals surface area (Å²) in [6, 6.07) is 5.12. The third-order valence-electron chi connectivity index (χ3n) is 3.79. The maximum atomic E-state index is 11.9. The number of thioether (sulfide) groups is 1. The van der Waals surface area contributed by atoms with Crippen molar-refractivity contribution < 1.29 is 4.79 Å². The van der Waals surface area contributed by atoms with Crippen molar-refractivity contribution >= 4 is 40.6 Å². The van der Waals surface area contributed by atoms with E-state index in [0.717, 1.165) is 18.1 Å². The predicted octanol–water partition coefficient (Wildman–Crippen LogP) is 4.56. The van der Waals surface area contributed by atoms with Gasteiger partial charge in [-0.2, -0.15) is 11.8 Å². The number of anilines is 2. The molecular formula is C16H23ClN2OS. The molecule has 0 bridgehead atoms. The van der Waals surface area contributed by atoms with Gasteiger partial charge in [0.2, 0.25) is 5.91 Å². The second kappa shape index (κ2) is 8.54. The SMILES string of the molecule is Nc1ccc(NC(=O)CCCSCC2CCCC2)c(Cl)c1. The first kappa shape index (κ1) is 16.5. The highest BCUT2D eigenvalue weighted by molar-refractivity contribution is 7.99. The van der Waals surface area contributed by atoms with Crippen LogP contribution in [0.1, 0.15) is 38.5 Å². The smallest absolute Gasteiger partial charge is 0.224 e. The van der Waals surface area contributed by atoms with Gasteiger partial charge in [-0.1, -0.05) is 24.4 Å². The van der Waals surface area contributed by atoms with Gasteiger partial charge >= 0.3 is 0 Å². The van der Waals surface area contributed by atoms with Crippen LogP contribution in [0.3, 0.4) is 0 Å². The number of carbonyl (C=O) groups excluding carboxylic acids is 1. The number of nitrogens with two attached hydrogens (primary N) is 1. The molecule has 1 aromatic rings. The zero-order valence-electron chi connectivity index (χ0n) is 12.2. The Bertz CT molecular complexity index is 475. The predicted molar refractivity (Wildman–Crippen MR) is 93.0 cm³/mol. The molecule has 2 rings (SSSR count). The van der Waals surface area contributed by atoms with Gasteiger partial charge in [-0.15, -0.1) is 0 Å². The minimum atomic E-state index is 0.0168. The van der Waals surface area contributed by atoms with E-state index in [-0.39, 0.29) is 5.91 Å². The van der Waals surface area contributed by atoms with Crippen molar-refractivity contribution in [3.63, 3.8) is 0 Å². The van der Waals surface area contributed by atoms with Crippen molar-refractivity contribution in [2.45, 2.75) is 38.5 Å². The van der Waals surface area contributed by atoms with Crippen molar-refractivity contribution in [3.8, 4) is 0 Å². The molecule has 0 spiro atoms. The van der Waals surface area contributed by atoms with E-state index in [1.165, 1.54) is 31.4 Å². The Labute approximate surface area is 136 Å². The molecule has 1 amide bonds. The zero-order chi connectivity index (χ0) is 15.1. The van der Waals surface area contributed by atoms with E-state index in [0.29, 0.717) is 22.8 Å². The highest BCUT2D eigenvalue weighted by Gasteiger charge is 2.14. The summed E-state index contributed by atoms with van der Waals surface area (Å²) < 4.78 is 0. The summed E-state index contributed by atoms with van der Waals surface area (Å²) in [4.78, 5) is 11.9. The van der Waals surface area contributed by atoms with Gasteiger partial charge in [0.25, 0.3) is 0 Å². The fourth-order valence-electron chi connectivity index (χ4n) is 2.61. The Morgan fingerprint density at radius 1 is 1.38 bits per heavy atom. The molecule has 0 unspecified atom stereocenters. The molecule has 0 aliphatic heterocycles. The number of hydrogen-bond donors (Lipinski definition) is 2. The number of amides is 1. The fourth-order valence-corrected chi connectivity index (χ4v) is 4.03. The number of halogens is 1. The zero-order valence-corrected chi connectivity index (χ0v) is 13.8. The van der Waals surface area contributed by atoms with Crippen LogP contribution in [0.25, 0.3) is 0 Å². The molecule has 21 heavy (non-hydrogen) atoms. The minimum Gasteiger partial charge on any atom is -0.399 e. The molecule has 0 radical (unpaired) electrons. The lowest BCUT2D eigenvalue weighted by molar-refractivity contribution is -0.116. The van der Waals surface area contributed by atoms with Gasteiger partial charge in [-0.25, -0.2) is 0 Å². The van der Waals surface area contributed by atoms with Crippen molar-refractivity contribution in [3.05, 3.63) is 23.2 Å². The molecule has 3 N–H and O–H groups in total. The highest BCUT2D eigenvalue weighted by atomic mass is 35.5. The normalized spacial score (nSPS) is 15.3. The van der Waals surface area contributed by atoms with Crippen LogP contribution in [0, 0.1) is 5.92 Å².